The van der Waals surface area contributed by atoms with Crippen molar-refractivity contribution in [3.05, 3.63) is 22.4 Å². The Bertz CT molecular complexity index is 349. The van der Waals surface area contributed by atoms with Crippen molar-refractivity contribution in [2.75, 3.05) is 19.6 Å². The van der Waals surface area contributed by atoms with Gasteiger partial charge in [-0.05, 0) is 36.8 Å². The lowest BCUT2D eigenvalue weighted by Crippen LogP contribution is -2.39. The Balaban J connectivity index is 1.73. The van der Waals surface area contributed by atoms with E-state index in [0.29, 0.717) is 18.5 Å². The number of hydrogen-bond donors (Lipinski definition) is 2. The standard InChI is InChI=1S/C15H26N2OS/c1-12(2)8-16-9-14(18)10-17(13-5-6-13)11-15-4-3-7-19-15/h3-4,7,12-14,16,18H,5-6,8-11H2,1-2H3. The molecule has 0 aromatic carbocycles. The summed E-state index contributed by atoms with van der Waals surface area (Å²) in [4.78, 5) is 3.84. The van der Waals surface area contributed by atoms with Crippen LogP contribution in [0.1, 0.15) is 31.6 Å². The first-order chi connectivity index (χ1) is 9.15. The Morgan fingerprint density at radius 1 is 1.42 bits per heavy atom. The molecule has 1 heterocycles. The molecule has 2 rings (SSSR count). The number of aliphatic hydroxyl groups excluding tert-OH is 1. The highest BCUT2D eigenvalue weighted by Gasteiger charge is 2.30. The van der Waals surface area contributed by atoms with Crippen LogP contribution in [0.3, 0.4) is 0 Å². The summed E-state index contributed by atoms with van der Waals surface area (Å²) in [6, 6.07) is 4.98. The molecule has 1 aromatic heterocycles. The molecule has 1 aliphatic carbocycles. The summed E-state index contributed by atoms with van der Waals surface area (Å²) in [5.74, 6) is 0.637. The van der Waals surface area contributed by atoms with E-state index in [2.05, 4.69) is 41.6 Å². The number of rotatable bonds is 9. The van der Waals surface area contributed by atoms with Crippen molar-refractivity contribution in [1.29, 1.82) is 0 Å². The predicted molar refractivity (Wildman–Crippen MR) is 81.5 cm³/mol. The molecule has 0 spiro atoms. The van der Waals surface area contributed by atoms with Gasteiger partial charge in [-0.1, -0.05) is 19.9 Å². The maximum absolute atomic E-state index is 10.1. The summed E-state index contributed by atoms with van der Waals surface area (Å²) in [7, 11) is 0. The Hall–Kier alpha value is -0.420. The average molecular weight is 282 g/mol. The topological polar surface area (TPSA) is 35.5 Å². The maximum Gasteiger partial charge on any atom is 0.0791 e. The van der Waals surface area contributed by atoms with Crippen LogP contribution in [0.4, 0.5) is 0 Å². The molecule has 0 saturated heterocycles. The smallest absolute Gasteiger partial charge is 0.0791 e. The van der Waals surface area contributed by atoms with E-state index in [1.165, 1.54) is 17.7 Å². The number of nitrogens with zero attached hydrogens (tertiary/aromatic N) is 1. The van der Waals surface area contributed by atoms with E-state index in [9.17, 15) is 5.11 Å². The number of hydrogen-bond acceptors (Lipinski definition) is 4. The van der Waals surface area contributed by atoms with Crippen LogP contribution in [0.25, 0.3) is 0 Å². The summed E-state index contributed by atoms with van der Waals surface area (Å²) in [6.45, 7) is 7.83. The van der Waals surface area contributed by atoms with Gasteiger partial charge in [0.15, 0.2) is 0 Å². The van der Waals surface area contributed by atoms with Crippen LogP contribution in [0.15, 0.2) is 17.5 Å². The molecule has 1 unspecified atom stereocenters. The lowest BCUT2D eigenvalue weighted by molar-refractivity contribution is 0.103. The average Bonchev–Trinajstić information content (AvgIpc) is 3.07. The highest BCUT2D eigenvalue weighted by molar-refractivity contribution is 7.09. The van der Waals surface area contributed by atoms with Gasteiger partial charge in [-0.2, -0.15) is 0 Å². The van der Waals surface area contributed by atoms with E-state index in [1.54, 1.807) is 11.3 Å². The van der Waals surface area contributed by atoms with Gasteiger partial charge in [-0.3, -0.25) is 4.90 Å². The second-order valence-electron chi connectivity index (χ2n) is 5.95. The van der Waals surface area contributed by atoms with E-state index >= 15 is 0 Å². The molecule has 2 N–H and O–H groups in total. The first-order valence-electron chi connectivity index (χ1n) is 7.30. The van der Waals surface area contributed by atoms with Crippen molar-refractivity contribution in [2.24, 2.45) is 5.92 Å². The normalized spacial score (nSPS) is 17.3. The van der Waals surface area contributed by atoms with Gasteiger partial charge >= 0.3 is 0 Å². The molecule has 1 aromatic rings. The summed E-state index contributed by atoms with van der Waals surface area (Å²) >= 11 is 1.81. The lowest BCUT2D eigenvalue weighted by Gasteiger charge is -2.24. The molecule has 19 heavy (non-hydrogen) atoms. The second-order valence-corrected chi connectivity index (χ2v) is 6.98. The van der Waals surface area contributed by atoms with Gasteiger partial charge in [0.05, 0.1) is 6.10 Å². The van der Waals surface area contributed by atoms with Crippen molar-refractivity contribution < 1.29 is 5.11 Å². The molecular weight excluding hydrogens is 256 g/mol. The van der Waals surface area contributed by atoms with Gasteiger partial charge in [0.25, 0.3) is 0 Å². The summed E-state index contributed by atoms with van der Waals surface area (Å²) in [5.41, 5.74) is 0. The third kappa shape index (κ3) is 5.61. The van der Waals surface area contributed by atoms with E-state index < -0.39 is 0 Å². The van der Waals surface area contributed by atoms with Gasteiger partial charge in [-0.25, -0.2) is 0 Å². The zero-order chi connectivity index (χ0) is 13.7. The number of thiophene rings is 1. The quantitative estimate of drug-likeness (QED) is 0.729. The molecule has 108 valence electrons. The van der Waals surface area contributed by atoms with Gasteiger partial charge < -0.3 is 10.4 Å². The Labute approximate surface area is 120 Å². The van der Waals surface area contributed by atoms with Crippen LogP contribution in [0, 0.1) is 5.92 Å². The molecule has 1 atom stereocenters. The first-order valence-corrected chi connectivity index (χ1v) is 8.18. The SMILES string of the molecule is CC(C)CNCC(O)CN(Cc1cccs1)C1CC1. The van der Waals surface area contributed by atoms with Gasteiger partial charge in [0.2, 0.25) is 0 Å². The fraction of sp³-hybridized carbons (Fsp3) is 0.733. The second kappa shape index (κ2) is 7.39. The van der Waals surface area contributed by atoms with Gasteiger partial charge in [-0.15, -0.1) is 11.3 Å². The van der Waals surface area contributed by atoms with Crippen LogP contribution < -0.4 is 5.32 Å². The monoisotopic (exact) mass is 282 g/mol. The van der Waals surface area contributed by atoms with Crippen LogP contribution in [-0.4, -0.2) is 41.8 Å². The van der Waals surface area contributed by atoms with Crippen molar-refractivity contribution in [3.63, 3.8) is 0 Å². The number of nitrogens with one attached hydrogen (secondary N) is 1. The van der Waals surface area contributed by atoms with E-state index in [4.69, 9.17) is 0 Å². The van der Waals surface area contributed by atoms with Crippen molar-refractivity contribution in [2.45, 2.75) is 45.4 Å². The molecule has 3 nitrogen and oxygen atoms in total. The Kier molecular flexibility index (Phi) is 5.82. The van der Waals surface area contributed by atoms with Gasteiger partial charge in [0, 0.05) is 30.6 Å². The van der Waals surface area contributed by atoms with Crippen molar-refractivity contribution in [3.8, 4) is 0 Å². The highest BCUT2D eigenvalue weighted by atomic mass is 32.1. The molecule has 0 bridgehead atoms. The van der Waals surface area contributed by atoms with Crippen molar-refractivity contribution >= 4 is 11.3 Å². The largest absolute Gasteiger partial charge is 0.390 e. The van der Waals surface area contributed by atoms with Crippen LogP contribution >= 0.6 is 11.3 Å². The molecule has 0 radical (unpaired) electrons. The minimum absolute atomic E-state index is 0.265. The third-order valence-electron chi connectivity index (χ3n) is 3.38. The van der Waals surface area contributed by atoms with Crippen LogP contribution in [-0.2, 0) is 6.54 Å². The van der Waals surface area contributed by atoms with Crippen molar-refractivity contribution in [1.82, 2.24) is 10.2 Å². The minimum Gasteiger partial charge on any atom is -0.390 e. The third-order valence-corrected chi connectivity index (χ3v) is 4.24. The Morgan fingerprint density at radius 2 is 2.21 bits per heavy atom. The summed E-state index contributed by atoms with van der Waals surface area (Å²) in [6.07, 6.45) is 2.31. The number of aliphatic hydroxyl groups is 1. The lowest BCUT2D eigenvalue weighted by atomic mass is 10.2. The predicted octanol–water partition coefficient (Wildman–Crippen LogP) is 2.32. The van der Waals surface area contributed by atoms with Crippen LogP contribution in [0.5, 0.6) is 0 Å². The Morgan fingerprint density at radius 3 is 2.79 bits per heavy atom. The van der Waals surface area contributed by atoms with E-state index in [0.717, 1.165) is 19.6 Å². The molecule has 0 aliphatic heterocycles. The summed E-state index contributed by atoms with van der Waals surface area (Å²) in [5, 5.41) is 15.6. The fourth-order valence-electron chi connectivity index (χ4n) is 2.26. The van der Waals surface area contributed by atoms with E-state index in [-0.39, 0.29) is 6.10 Å². The molecule has 1 fully saturated rings. The maximum atomic E-state index is 10.1. The zero-order valence-corrected chi connectivity index (χ0v) is 12.8. The highest BCUT2D eigenvalue weighted by Crippen LogP contribution is 2.29. The first kappa shape index (κ1) is 15.0. The molecule has 1 aliphatic rings. The molecule has 1 saturated carbocycles. The molecule has 0 amide bonds. The minimum atomic E-state index is -0.265. The van der Waals surface area contributed by atoms with E-state index in [1.807, 2.05) is 0 Å². The fourth-order valence-corrected chi connectivity index (χ4v) is 2.99. The molecule has 4 heteroatoms. The zero-order valence-electron chi connectivity index (χ0n) is 12.0. The summed E-state index contributed by atoms with van der Waals surface area (Å²) < 4.78 is 0. The van der Waals surface area contributed by atoms with Crippen LogP contribution in [0.2, 0.25) is 0 Å². The van der Waals surface area contributed by atoms with Gasteiger partial charge in [0.1, 0.15) is 0 Å². The molecular formula is C15H26N2OS.